The summed E-state index contributed by atoms with van der Waals surface area (Å²) in [6.45, 7) is 7.86. The zero-order valence-electron chi connectivity index (χ0n) is 13.4. The van der Waals surface area contributed by atoms with Gasteiger partial charge in [0, 0.05) is 17.9 Å². The number of nitrogens with zero attached hydrogens (tertiary/aromatic N) is 1. The lowest BCUT2D eigenvalue weighted by molar-refractivity contribution is -0.140. The molecule has 0 fully saturated rings. The molecule has 1 rings (SSSR count). The Bertz CT molecular complexity index is 579. The van der Waals surface area contributed by atoms with Crippen molar-refractivity contribution in [2.24, 2.45) is 5.92 Å². The van der Waals surface area contributed by atoms with Crippen molar-refractivity contribution in [1.29, 1.82) is 5.26 Å². The summed E-state index contributed by atoms with van der Waals surface area (Å²) in [6.07, 6.45) is 0.0697. The number of hydrogen-bond acceptors (Lipinski definition) is 3. The lowest BCUT2D eigenvalue weighted by atomic mass is 9.86. The van der Waals surface area contributed by atoms with E-state index in [1.54, 1.807) is 19.1 Å². The van der Waals surface area contributed by atoms with E-state index < -0.39 is 23.8 Å². The fourth-order valence-electron chi connectivity index (χ4n) is 2.06. The van der Waals surface area contributed by atoms with Crippen LogP contribution < -0.4 is 5.32 Å². The van der Waals surface area contributed by atoms with Crippen molar-refractivity contribution < 1.29 is 14.7 Å². The second-order valence-electron chi connectivity index (χ2n) is 6.46. The molecule has 1 aromatic carbocycles. The van der Waals surface area contributed by atoms with Crippen molar-refractivity contribution in [2.75, 3.05) is 0 Å². The average molecular weight is 302 g/mol. The van der Waals surface area contributed by atoms with Crippen LogP contribution in [0.5, 0.6) is 0 Å². The number of rotatable bonds is 5. The van der Waals surface area contributed by atoms with E-state index >= 15 is 0 Å². The quantitative estimate of drug-likeness (QED) is 0.875. The van der Waals surface area contributed by atoms with E-state index in [1.807, 2.05) is 18.2 Å². The molecule has 22 heavy (non-hydrogen) atoms. The largest absolute Gasteiger partial charge is 0.480 e. The number of benzene rings is 1. The van der Waals surface area contributed by atoms with Gasteiger partial charge in [-0.25, -0.2) is 4.79 Å². The minimum absolute atomic E-state index is 0.0140. The summed E-state index contributed by atoms with van der Waals surface area (Å²) < 4.78 is 0. The second kappa shape index (κ2) is 7.08. The molecular weight excluding hydrogens is 280 g/mol. The van der Waals surface area contributed by atoms with Crippen LogP contribution in [-0.4, -0.2) is 23.0 Å². The summed E-state index contributed by atoms with van der Waals surface area (Å²) in [6, 6.07) is 7.95. The molecule has 118 valence electrons. The highest BCUT2D eigenvalue weighted by Crippen LogP contribution is 2.22. The van der Waals surface area contributed by atoms with Gasteiger partial charge in [0.1, 0.15) is 6.04 Å². The van der Waals surface area contributed by atoms with Crippen LogP contribution in [0.1, 0.15) is 50.0 Å². The molecule has 0 aliphatic heterocycles. The van der Waals surface area contributed by atoms with Gasteiger partial charge in [-0.3, -0.25) is 4.79 Å². The fourth-order valence-corrected chi connectivity index (χ4v) is 2.06. The first-order valence-corrected chi connectivity index (χ1v) is 7.18. The smallest absolute Gasteiger partial charge is 0.326 e. The van der Waals surface area contributed by atoms with Gasteiger partial charge in [0.2, 0.25) is 0 Å². The Morgan fingerprint density at radius 1 is 1.27 bits per heavy atom. The summed E-state index contributed by atoms with van der Waals surface area (Å²) in [5, 5.41) is 20.3. The van der Waals surface area contributed by atoms with Crippen LogP contribution in [0, 0.1) is 17.2 Å². The minimum Gasteiger partial charge on any atom is -0.480 e. The maximum absolute atomic E-state index is 12.2. The van der Waals surface area contributed by atoms with Gasteiger partial charge in [-0.1, -0.05) is 39.8 Å². The van der Waals surface area contributed by atoms with Gasteiger partial charge in [-0.15, -0.1) is 0 Å². The maximum atomic E-state index is 12.2. The normalized spacial score (nSPS) is 13.8. The zero-order valence-corrected chi connectivity index (χ0v) is 13.4. The van der Waals surface area contributed by atoms with Crippen molar-refractivity contribution in [2.45, 2.75) is 45.6 Å². The summed E-state index contributed by atoms with van der Waals surface area (Å²) in [5.41, 5.74) is 1.49. The Morgan fingerprint density at radius 3 is 2.23 bits per heavy atom. The number of amides is 1. The average Bonchev–Trinajstić information content (AvgIpc) is 2.43. The van der Waals surface area contributed by atoms with E-state index in [9.17, 15) is 14.7 Å². The Labute approximate surface area is 131 Å². The summed E-state index contributed by atoms with van der Waals surface area (Å²) in [7, 11) is 0. The third-order valence-corrected chi connectivity index (χ3v) is 3.55. The van der Waals surface area contributed by atoms with Crippen molar-refractivity contribution in [3.63, 3.8) is 0 Å². The monoisotopic (exact) mass is 302 g/mol. The van der Waals surface area contributed by atoms with Gasteiger partial charge in [-0.2, -0.15) is 5.26 Å². The standard InChI is InChI=1S/C17H22N2O3/c1-11(9-10-18)14(16(21)22)19-15(20)12-5-7-13(8-6-12)17(2,3)4/h5-8,11,14H,9H2,1-4H3,(H,19,20)(H,21,22)/t11-,14-/m0/s1. The van der Waals surface area contributed by atoms with Crippen molar-refractivity contribution in [3.8, 4) is 6.07 Å². The molecule has 0 radical (unpaired) electrons. The van der Waals surface area contributed by atoms with Crippen molar-refractivity contribution >= 4 is 11.9 Å². The van der Waals surface area contributed by atoms with E-state index in [0.29, 0.717) is 5.56 Å². The number of carbonyl (C=O) groups is 2. The lowest BCUT2D eigenvalue weighted by Crippen LogP contribution is -2.45. The Kier molecular flexibility index (Phi) is 5.69. The highest BCUT2D eigenvalue weighted by molar-refractivity contribution is 5.96. The molecular formula is C17H22N2O3. The van der Waals surface area contributed by atoms with Gasteiger partial charge < -0.3 is 10.4 Å². The van der Waals surface area contributed by atoms with Crippen LogP contribution in [0.3, 0.4) is 0 Å². The van der Waals surface area contributed by atoms with Crippen LogP contribution in [-0.2, 0) is 10.2 Å². The van der Waals surface area contributed by atoms with E-state index in [-0.39, 0.29) is 11.8 Å². The number of carboxylic acids is 1. The molecule has 2 N–H and O–H groups in total. The molecule has 2 atom stereocenters. The molecule has 0 saturated carbocycles. The molecule has 0 spiro atoms. The molecule has 1 amide bonds. The number of aliphatic carboxylic acids is 1. The van der Waals surface area contributed by atoms with Crippen molar-refractivity contribution in [3.05, 3.63) is 35.4 Å². The first-order chi connectivity index (χ1) is 10.2. The third kappa shape index (κ3) is 4.59. The predicted octanol–water partition coefficient (Wildman–Crippen LogP) is 2.72. The molecule has 5 nitrogen and oxygen atoms in total. The minimum atomic E-state index is -1.14. The fraction of sp³-hybridized carbons (Fsp3) is 0.471. The van der Waals surface area contributed by atoms with Gasteiger partial charge in [-0.05, 0) is 23.1 Å². The Balaban J connectivity index is 2.87. The molecule has 0 saturated heterocycles. The zero-order chi connectivity index (χ0) is 16.9. The molecule has 0 aromatic heterocycles. The molecule has 1 aromatic rings. The number of hydrogen-bond donors (Lipinski definition) is 2. The van der Waals surface area contributed by atoms with Crippen LogP contribution >= 0.6 is 0 Å². The maximum Gasteiger partial charge on any atom is 0.326 e. The molecule has 0 aliphatic rings. The molecule has 0 heterocycles. The lowest BCUT2D eigenvalue weighted by Gasteiger charge is -2.21. The van der Waals surface area contributed by atoms with Gasteiger partial charge in [0.05, 0.1) is 6.07 Å². The highest BCUT2D eigenvalue weighted by Gasteiger charge is 2.26. The van der Waals surface area contributed by atoms with E-state index in [2.05, 4.69) is 26.1 Å². The van der Waals surface area contributed by atoms with Gasteiger partial charge >= 0.3 is 5.97 Å². The SMILES string of the molecule is C[C@@H](CC#N)[C@H](NC(=O)c1ccc(C(C)(C)C)cc1)C(=O)O. The second-order valence-corrected chi connectivity index (χ2v) is 6.46. The van der Waals surface area contributed by atoms with E-state index in [0.717, 1.165) is 5.56 Å². The summed E-state index contributed by atoms with van der Waals surface area (Å²) in [4.78, 5) is 23.4. The number of carbonyl (C=O) groups excluding carboxylic acids is 1. The topological polar surface area (TPSA) is 90.2 Å². The summed E-state index contributed by atoms with van der Waals surface area (Å²) in [5.74, 6) is -2.04. The predicted molar refractivity (Wildman–Crippen MR) is 83.4 cm³/mol. The Hall–Kier alpha value is -2.35. The van der Waals surface area contributed by atoms with Crippen LogP contribution in [0.2, 0.25) is 0 Å². The summed E-state index contributed by atoms with van der Waals surface area (Å²) >= 11 is 0. The Morgan fingerprint density at radius 2 is 1.82 bits per heavy atom. The van der Waals surface area contributed by atoms with Crippen LogP contribution in [0.25, 0.3) is 0 Å². The van der Waals surface area contributed by atoms with Gasteiger partial charge in [0.15, 0.2) is 0 Å². The highest BCUT2D eigenvalue weighted by atomic mass is 16.4. The molecule has 0 aliphatic carbocycles. The first-order valence-electron chi connectivity index (χ1n) is 7.18. The number of carboxylic acid groups (broad SMARTS) is 1. The van der Waals surface area contributed by atoms with E-state index in [1.165, 1.54) is 0 Å². The molecule has 5 heteroatoms. The first kappa shape index (κ1) is 17.7. The molecule has 0 bridgehead atoms. The van der Waals surface area contributed by atoms with Gasteiger partial charge in [0.25, 0.3) is 5.91 Å². The third-order valence-electron chi connectivity index (χ3n) is 3.55. The number of nitrogens with one attached hydrogen (secondary N) is 1. The molecule has 0 unspecified atom stereocenters. The van der Waals surface area contributed by atoms with E-state index in [4.69, 9.17) is 5.26 Å². The number of nitriles is 1. The van der Waals surface area contributed by atoms with Crippen LogP contribution in [0.15, 0.2) is 24.3 Å². The van der Waals surface area contributed by atoms with Crippen LogP contribution in [0.4, 0.5) is 0 Å². The van der Waals surface area contributed by atoms with Crippen molar-refractivity contribution in [1.82, 2.24) is 5.32 Å².